The van der Waals surface area contributed by atoms with Gasteiger partial charge in [0.15, 0.2) is 0 Å². The highest BCUT2D eigenvalue weighted by Gasteiger charge is 2.01. The van der Waals surface area contributed by atoms with Crippen LogP contribution < -0.4 is 0 Å². The van der Waals surface area contributed by atoms with Crippen molar-refractivity contribution in [2.45, 2.75) is 19.9 Å². The summed E-state index contributed by atoms with van der Waals surface area (Å²) in [5, 5.41) is 1.14. The van der Waals surface area contributed by atoms with Crippen LogP contribution in [0.3, 0.4) is 0 Å². The lowest BCUT2D eigenvalue weighted by atomic mass is 10.1. The summed E-state index contributed by atoms with van der Waals surface area (Å²) in [4.78, 5) is 4.55. The van der Waals surface area contributed by atoms with Crippen molar-refractivity contribution in [1.29, 1.82) is 0 Å². The largest absolute Gasteiger partial charge is 0.275 e. The van der Waals surface area contributed by atoms with Crippen LogP contribution in [0.2, 0.25) is 0 Å². The molecule has 2 heteroatoms. The van der Waals surface area contributed by atoms with Gasteiger partial charge in [0.05, 0.1) is 11.1 Å². The van der Waals surface area contributed by atoms with Gasteiger partial charge in [-0.2, -0.15) is 0 Å². The molecule has 0 bridgehead atoms. The minimum Gasteiger partial charge on any atom is -0.275 e. The Morgan fingerprint density at radius 1 is 1.31 bits per heavy atom. The highest BCUT2D eigenvalue weighted by molar-refractivity contribution is 8.13. The van der Waals surface area contributed by atoms with Crippen molar-refractivity contribution in [3.05, 3.63) is 35.9 Å². The highest BCUT2D eigenvalue weighted by atomic mass is 32.2. The Labute approximate surface area is 84.3 Å². The Morgan fingerprint density at radius 2 is 1.92 bits per heavy atom. The van der Waals surface area contributed by atoms with E-state index in [9.17, 15) is 0 Å². The van der Waals surface area contributed by atoms with Crippen LogP contribution in [0, 0.1) is 0 Å². The lowest BCUT2D eigenvalue weighted by molar-refractivity contribution is 0.823. The summed E-state index contributed by atoms with van der Waals surface area (Å²) in [5.41, 5.74) is 1.27. The molecule has 0 fully saturated rings. The van der Waals surface area contributed by atoms with Crippen LogP contribution in [-0.2, 0) is 0 Å². The number of hydrogen-bond acceptors (Lipinski definition) is 2. The first kappa shape index (κ1) is 10.3. The number of nitrogens with zero attached hydrogens (tertiary/aromatic N) is 1. The molecule has 0 spiro atoms. The summed E-state index contributed by atoms with van der Waals surface area (Å²) < 4.78 is 0. The number of benzene rings is 1. The lowest BCUT2D eigenvalue weighted by Gasteiger charge is -2.07. The Balaban J connectivity index is 2.75. The topological polar surface area (TPSA) is 12.4 Å². The molecular formula is C11H15NS. The molecule has 1 aromatic rings. The van der Waals surface area contributed by atoms with Crippen LogP contribution in [0.1, 0.15) is 25.5 Å². The first-order valence-corrected chi connectivity index (χ1v) is 5.60. The maximum Gasteiger partial charge on any atom is 0.0730 e. The summed E-state index contributed by atoms with van der Waals surface area (Å²) in [5.74, 6) is 0. The molecule has 1 rings (SSSR count). The molecule has 1 nitrogen and oxygen atoms in total. The van der Waals surface area contributed by atoms with Crippen LogP contribution in [-0.4, -0.2) is 11.3 Å². The monoisotopic (exact) mass is 193 g/mol. The summed E-state index contributed by atoms with van der Waals surface area (Å²) in [7, 11) is 0. The van der Waals surface area contributed by atoms with E-state index in [0.717, 1.165) is 5.04 Å². The van der Waals surface area contributed by atoms with Crippen molar-refractivity contribution in [2.24, 2.45) is 4.99 Å². The van der Waals surface area contributed by atoms with Gasteiger partial charge in [-0.1, -0.05) is 30.3 Å². The molecule has 0 aliphatic heterocycles. The first-order chi connectivity index (χ1) is 6.24. The van der Waals surface area contributed by atoms with Gasteiger partial charge in [-0.3, -0.25) is 4.99 Å². The molecule has 0 saturated carbocycles. The fourth-order valence-corrected chi connectivity index (χ4v) is 1.40. The second-order valence-corrected chi connectivity index (χ2v) is 3.94. The Morgan fingerprint density at radius 3 is 2.46 bits per heavy atom. The number of thioether (sulfide) groups is 1. The third kappa shape index (κ3) is 3.23. The summed E-state index contributed by atoms with van der Waals surface area (Å²) in [6, 6.07) is 10.6. The van der Waals surface area contributed by atoms with E-state index in [2.05, 4.69) is 42.4 Å². The molecule has 0 aliphatic carbocycles. The van der Waals surface area contributed by atoms with E-state index in [4.69, 9.17) is 0 Å². The Hall–Kier alpha value is -0.760. The van der Waals surface area contributed by atoms with Crippen molar-refractivity contribution in [3.63, 3.8) is 0 Å². The van der Waals surface area contributed by atoms with Gasteiger partial charge < -0.3 is 0 Å². The molecule has 0 radical (unpaired) electrons. The molecule has 1 unspecified atom stereocenters. The molecule has 0 saturated heterocycles. The van der Waals surface area contributed by atoms with E-state index < -0.39 is 0 Å². The van der Waals surface area contributed by atoms with Crippen LogP contribution in [0.4, 0.5) is 0 Å². The maximum atomic E-state index is 4.55. The van der Waals surface area contributed by atoms with Crippen LogP contribution in [0.25, 0.3) is 0 Å². The van der Waals surface area contributed by atoms with Gasteiger partial charge in [-0.05, 0) is 25.7 Å². The Bertz CT molecular complexity index is 279. The molecule has 1 atom stereocenters. The van der Waals surface area contributed by atoms with Gasteiger partial charge in [0.1, 0.15) is 0 Å². The fourth-order valence-electron chi connectivity index (χ4n) is 1.13. The summed E-state index contributed by atoms with van der Waals surface area (Å²) in [6.07, 6.45) is 2.05. The van der Waals surface area contributed by atoms with Gasteiger partial charge in [0.25, 0.3) is 0 Å². The van der Waals surface area contributed by atoms with Crippen LogP contribution in [0.5, 0.6) is 0 Å². The second kappa shape index (κ2) is 5.07. The molecule has 70 valence electrons. The van der Waals surface area contributed by atoms with Crippen molar-refractivity contribution in [3.8, 4) is 0 Å². The van der Waals surface area contributed by atoms with E-state index in [0.29, 0.717) is 0 Å². The molecular weight excluding hydrogens is 178 g/mol. The van der Waals surface area contributed by atoms with E-state index in [1.165, 1.54) is 5.56 Å². The minimum absolute atomic E-state index is 0.272. The molecule has 1 aromatic carbocycles. The summed E-state index contributed by atoms with van der Waals surface area (Å²) in [6.45, 7) is 4.17. The van der Waals surface area contributed by atoms with Crippen molar-refractivity contribution >= 4 is 16.8 Å². The van der Waals surface area contributed by atoms with Gasteiger partial charge in [0, 0.05) is 0 Å². The van der Waals surface area contributed by atoms with E-state index in [1.807, 2.05) is 13.0 Å². The maximum absolute atomic E-state index is 4.55. The number of hydrogen-bond donors (Lipinski definition) is 0. The number of aliphatic imine (C=N–C) groups is 1. The van der Waals surface area contributed by atoms with Gasteiger partial charge >= 0.3 is 0 Å². The summed E-state index contributed by atoms with van der Waals surface area (Å²) >= 11 is 1.70. The van der Waals surface area contributed by atoms with Gasteiger partial charge in [0.2, 0.25) is 0 Å². The first-order valence-electron chi connectivity index (χ1n) is 4.37. The van der Waals surface area contributed by atoms with Gasteiger partial charge in [-0.25, -0.2) is 0 Å². The molecule has 0 N–H and O–H groups in total. The fraction of sp³-hybridized carbons (Fsp3) is 0.364. The van der Waals surface area contributed by atoms with Crippen LogP contribution in [0.15, 0.2) is 35.3 Å². The predicted molar refractivity (Wildman–Crippen MR) is 61.5 cm³/mol. The zero-order valence-electron chi connectivity index (χ0n) is 8.32. The zero-order valence-corrected chi connectivity index (χ0v) is 9.14. The lowest BCUT2D eigenvalue weighted by Crippen LogP contribution is -1.92. The molecule has 0 aliphatic rings. The highest BCUT2D eigenvalue weighted by Crippen LogP contribution is 2.17. The third-order valence-corrected chi connectivity index (χ3v) is 2.65. The predicted octanol–water partition coefficient (Wildman–Crippen LogP) is 3.53. The zero-order chi connectivity index (χ0) is 9.68. The number of rotatable bonds is 2. The van der Waals surface area contributed by atoms with E-state index >= 15 is 0 Å². The van der Waals surface area contributed by atoms with Crippen molar-refractivity contribution < 1.29 is 0 Å². The van der Waals surface area contributed by atoms with Gasteiger partial charge in [-0.15, -0.1) is 11.8 Å². The SMILES string of the molecule is CS/C(C)=N\C(C)c1ccccc1. The average Bonchev–Trinajstić information content (AvgIpc) is 2.19. The third-order valence-electron chi connectivity index (χ3n) is 1.95. The quantitative estimate of drug-likeness (QED) is 0.517. The van der Waals surface area contributed by atoms with E-state index in [1.54, 1.807) is 11.8 Å². The molecule has 0 heterocycles. The molecule has 0 amide bonds. The molecule has 13 heavy (non-hydrogen) atoms. The van der Waals surface area contributed by atoms with E-state index in [-0.39, 0.29) is 6.04 Å². The molecule has 0 aromatic heterocycles. The van der Waals surface area contributed by atoms with Crippen molar-refractivity contribution in [2.75, 3.05) is 6.26 Å². The smallest absolute Gasteiger partial charge is 0.0730 e. The standard InChI is InChI=1S/C11H15NS/c1-9(12-10(2)13-3)11-7-5-4-6-8-11/h4-9H,1-3H3/b12-10-. The normalized spacial score (nSPS) is 14.2. The average molecular weight is 193 g/mol. The van der Waals surface area contributed by atoms with Crippen molar-refractivity contribution in [1.82, 2.24) is 0 Å². The minimum atomic E-state index is 0.272. The Kier molecular flexibility index (Phi) is 4.03. The second-order valence-electron chi connectivity index (χ2n) is 2.94. The van der Waals surface area contributed by atoms with Crippen LogP contribution >= 0.6 is 11.8 Å².